The molecule has 0 radical (unpaired) electrons. The molecule has 3 aliphatic rings. The van der Waals surface area contributed by atoms with E-state index in [4.69, 9.17) is 4.74 Å². The topological polar surface area (TPSA) is 84.5 Å². The molecule has 2 aromatic rings. The van der Waals surface area contributed by atoms with Crippen LogP contribution in [-0.4, -0.2) is 24.1 Å². The Bertz CT molecular complexity index is 1390. The van der Waals surface area contributed by atoms with Gasteiger partial charge in [-0.15, -0.1) is 0 Å². The summed E-state index contributed by atoms with van der Waals surface area (Å²) in [5, 5.41) is 6.21. The number of dihydropyridines is 1. The zero-order valence-corrected chi connectivity index (χ0v) is 24.1. The van der Waals surface area contributed by atoms with Crippen molar-refractivity contribution in [3.8, 4) is 5.75 Å². The fourth-order valence-corrected chi connectivity index (χ4v) is 6.33. The molecular formula is C31H32BrFN2O4. The molecule has 0 bridgehead atoms. The maximum absolute atomic E-state index is 13.7. The number of carbonyl (C=O) groups is 3. The second-order valence-corrected chi connectivity index (χ2v) is 13.2. The standard InChI is InChI=1S/C31H32BrFN2O4/c1-30(2)12-21-28(23(36)14-30)27(29-22(35-21)13-31(3,4)15-24(29)37)20-11-17(32)5-10-25(20)39-16-26(38)34-19-8-6-18(33)7-9-19/h5-11,27,35H,12-16H2,1-4H3,(H,34,38). The normalized spacial score (nSPS) is 20.3. The molecule has 1 aliphatic heterocycles. The summed E-state index contributed by atoms with van der Waals surface area (Å²) in [4.78, 5) is 40.0. The number of benzene rings is 2. The average Bonchev–Trinajstić information content (AvgIpc) is 2.82. The largest absolute Gasteiger partial charge is 0.483 e. The summed E-state index contributed by atoms with van der Waals surface area (Å²) in [6.45, 7) is 8.03. The molecule has 2 aliphatic carbocycles. The number of allylic oxidation sites excluding steroid dienone is 4. The molecule has 8 heteroatoms. The molecule has 5 rings (SSSR count). The van der Waals surface area contributed by atoms with E-state index in [9.17, 15) is 18.8 Å². The molecule has 2 N–H and O–H groups in total. The number of nitrogens with one attached hydrogen (secondary N) is 2. The predicted molar refractivity (Wildman–Crippen MR) is 151 cm³/mol. The summed E-state index contributed by atoms with van der Waals surface area (Å²) in [5.41, 5.74) is 3.68. The van der Waals surface area contributed by atoms with Crippen molar-refractivity contribution in [3.63, 3.8) is 0 Å². The number of carbonyl (C=O) groups excluding carboxylic acids is 3. The number of anilines is 1. The lowest BCUT2D eigenvalue weighted by molar-refractivity contribution is -0.120. The maximum atomic E-state index is 13.7. The van der Waals surface area contributed by atoms with Crippen molar-refractivity contribution in [3.05, 3.63) is 80.9 Å². The molecule has 39 heavy (non-hydrogen) atoms. The minimum absolute atomic E-state index is 0.0166. The Hall–Kier alpha value is -3.26. The molecule has 0 saturated carbocycles. The van der Waals surface area contributed by atoms with Gasteiger partial charge in [0.15, 0.2) is 18.2 Å². The van der Waals surface area contributed by atoms with E-state index in [1.807, 2.05) is 6.07 Å². The highest BCUT2D eigenvalue weighted by Gasteiger charge is 2.47. The van der Waals surface area contributed by atoms with Crippen LogP contribution in [0.25, 0.3) is 0 Å². The van der Waals surface area contributed by atoms with Crippen LogP contribution in [0.5, 0.6) is 5.75 Å². The summed E-state index contributed by atoms with van der Waals surface area (Å²) in [6, 6.07) is 10.9. The molecule has 0 saturated heterocycles. The SMILES string of the molecule is CC1(C)CC(=O)C2=C(C1)NC1=C(C(=O)CC(C)(C)C1)C2c1cc(Br)ccc1OCC(=O)Nc1ccc(F)cc1. The van der Waals surface area contributed by atoms with Gasteiger partial charge in [-0.2, -0.15) is 0 Å². The van der Waals surface area contributed by atoms with Crippen molar-refractivity contribution in [2.75, 3.05) is 11.9 Å². The van der Waals surface area contributed by atoms with Crippen LogP contribution in [0.15, 0.2) is 69.5 Å². The molecule has 0 unspecified atom stereocenters. The van der Waals surface area contributed by atoms with Crippen LogP contribution >= 0.6 is 15.9 Å². The molecule has 0 fully saturated rings. The highest BCUT2D eigenvalue weighted by atomic mass is 79.9. The van der Waals surface area contributed by atoms with Gasteiger partial charge in [0.05, 0.1) is 0 Å². The second-order valence-electron chi connectivity index (χ2n) is 12.3. The predicted octanol–water partition coefficient (Wildman–Crippen LogP) is 6.58. The Kier molecular flexibility index (Phi) is 7.04. The molecular weight excluding hydrogens is 563 g/mol. The lowest BCUT2D eigenvalue weighted by atomic mass is 9.64. The van der Waals surface area contributed by atoms with Crippen molar-refractivity contribution < 1.29 is 23.5 Å². The van der Waals surface area contributed by atoms with Crippen molar-refractivity contribution in [1.82, 2.24) is 5.32 Å². The van der Waals surface area contributed by atoms with Gasteiger partial charge in [0.25, 0.3) is 5.91 Å². The van der Waals surface area contributed by atoms with E-state index >= 15 is 0 Å². The molecule has 0 spiro atoms. The summed E-state index contributed by atoms with van der Waals surface area (Å²) in [7, 11) is 0. The van der Waals surface area contributed by atoms with Gasteiger partial charge in [-0.3, -0.25) is 14.4 Å². The van der Waals surface area contributed by atoms with Crippen LogP contribution in [-0.2, 0) is 14.4 Å². The summed E-state index contributed by atoms with van der Waals surface area (Å²) < 4.78 is 20.0. The first-order valence-electron chi connectivity index (χ1n) is 13.1. The third-order valence-electron chi connectivity index (χ3n) is 7.49. The number of Topliss-reactive ketones (excluding diaryl/α,β-unsaturated/α-hetero) is 2. The summed E-state index contributed by atoms with van der Waals surface area (Å²) >= 11 is 3.55. The molecule has 6 nitrogen and oxygen atoms in total. The van der Waals surface area contributed by atoms with Gasteiger partial charge in [0.2, 0.25) is 0 Å². The first-order valence-corrected chi connectivity index (χ1v) is 13.9. The fraction of sp³-hybridized carbons (Fsp3) is 0.387. The van der Waals surface area contributed by atoms with Crippen LogP contribution in [0.1, 0.15) is 64.9 Å². The molecule has 0 atom stereocenters. The van der Waals surface area contributed by atoms with Crippen LogP contribution in [0.4, 0.5) is 10.1 Å². The minimum atomic E-state index is -0.587. The Balaban J connectivity index is 1.53. The summed E-state index contributed by atoms with van der Waals surface area (Å²) in [5.74, 6) is -0.934. The van der Waals surface area contributed by atoms with E-state index in [1.54, 1.807) is 12.1 Å². The first kappa shape index (κ1) is 27.3. The summed E-state index contributed by atoms with van der Waals surface area (Å²) in [6.07, 6.45) is 2.16. The Morgan fingerprint density at radius 3 is 2.08 bits per heavy atom. The third kappa shape index (κ3) is 5.71. The number of rotatable bonds is 5. The van der Waals surface area contributed by atoms with Gasteiger partial charge in [-0.05, 0) is 66.1 Å². The van der Waals surface area contributed by atoms with E-state index < -0.39 is 17.6 Å². The number of hydrogen-bond donors (Lipinski definition) is 2. The average molecular weight is 596 g/mol. The molecule has 0 aromatic heterocycles. The zero-order valence-electron chi connectivity index (χ0n) is 22.5. The first-order chi connectivity index (χ1) is 18.3. The molecule has 2 aromatic carbocycles. The van der Waals surface area contributed by atoms with Gasteiger partial charge < -0.3 is 15.4 Å². The fourth-order valence-electron chi connectivity index (χ4n) is 5.95. The lowest BCUT2D eigenvalue weighted by Crippen LogP contribution is -2.42. The maximum Gasteiger partial charge on any atom is 0.262 e. The number of amides is 1. The van der Waals surface area contributed by atoms with E-state index in [2.05, 4.69) is 54.3 Å². The third-order valence-corrected chi connectivity index (χ3v) is 7.98. The lowest BCUT2D eigenvalue weighted by Gasteiger charge is -2.44. The Labute approximate surface area is 236 Å². The van der Waals surface area contributed by atoms with Crippen LogP contribution in [0.3, 0.4) is 0 Å². The molecule has 204 valence electrons. The Morgan fingerprint density at radius 1 is 0.949 bits per heavy atom. The van der Waals surface area contributed by atoms with Crippen LogP contribution in [0.2, 0.25) is 0 Å². The van der Waals surface area contributed by atoms with Crippen LogP contribution in [0, 0.1) is 16.6 Å². The smallest absolute Gasteiger partial charge is 0.262 e. The monoisotopic (exact) mass is 594 g/mol. The van der Waals surface area contributed by atoms with Gasteiger partial charge in [-0.1, -0.05) is 43.6 Å². The zero-order chi connectivity index (χ0) is 28.1. The van der Waals surface area contributed by atoms with Crippen molar-refractivity contribution >= 4 is 39.1 Å². The molecule has 1 amide bonds. The van der Waals surface area contributed by atoms with Crippen molar-refractivity contribution in [2.24, 2.45) is 10.8 Å². The quantitative estimate of drug-likeness (QED) is 0.408. The highest BCUT2D eigenvalue weighted by Crippen LogP contribution is 2.52. The number of halogens is 2. The molecule has 1 heterocycles. The van der Waals surface area contributed by atoms with Crippen LogP contribution < -0.4 is 15.4 Å². The van der Waals surface area contributed by atoms with Gasteiger partial charge in [0, 0.05) is 57.0 Å². The number of hydrogen-bond acceptors (Lipinski definition) is 5. The number of ketones is 2. The van der Waals surface area contributed by atoms with E-state index in [0.29, 0.717) is 53.8 Å². The van der Waals surface area contributed by atoms with Crippen molar-refractivity contribution in [2.45, 2.75) is 59.3 Å². The van der Waals surface area contributed by atoms with E-state index in [1.165, 1.54) is 24.3 Å². The number of ether oxygens (including phenoxy) is 1. The highest BCUT2D eigenvalue weighted by molar-refractivity contribution is 9.10. The van der Waals surface area contributed by atoms with Crippen molar-refractivity contribution in [1.29, 1.82) is 0 Å². The second kappa shape index (κ2) is 10.0. The van der Waals surface area contributed by atoms with E-state index in [0.717, 1.165) is 15.9 Å². The van der Waals surface area contributed by atoms with Gasteiger partial charge in [-0.25, -0.2) is 4.39 Å². The minimum Gasteiger partial charge on any atom is -0.483 e. The van der Waals surface area contributed by atoms with Gasteiger partial charge in [0.1, 0.15) is 11.6 Å². The van der Waals surface area contributed by atoms with E-state index in [-0.39, 0.29) is 29.0 Å². The Morgan fingerprint density at radius 2 is 1.51 bits per heavy atom. The van der Waals surface area contributed by atoms with Gasteiger partial charge >= 0.3 is 0 Å².